The molecule has 1 heterocycles. The highest BCUT2D eigenvalue weighted by atomic mass is 32.2. The summed E-state index contributed by atoms with van der Waals surface area (Å²) in [5.41, 5.74) is 0.928. The van der Waals surface area contributed by atoms with Gasteiger partial charge in [0.2, 0.25) is 0 Å². The second-order valence-electron chi connectivity index (χ2n) is 4.03. The zero-order chi connectivity index (χ0) is 13.1. The zero-order valence-electron chi connectivity index (χ0n) is 10.5. The summed E-state index contributed by atoms with van der Waals surface area (Å²) in [7, 11) is 3.68. The number of rotatable bonds is 4. The molecule has 2 rings (SSSR count). The normalized spacial score (nSPS) is 12.7. The van der Waals surface area contributed by atoms with Gasteiger partial charge in [-0.2, -0.15) is 0 Å². The molecule has 0 radical (unpaired) electrons. The van der Waals surface area contributed by atoms with E-state index in [1.54, 1.807) is 23.0 Å². The number of benzene rings is 1. The molecule has 0 aliphatic carbocycles. The summed E-state index contributed by atoms with van der Waals surface area (Å²) in [6.07, 6.45) is 1.59. The lowest BCUT2D eigenvalue weighted by atomic mass is 10.1. The molecule has 0 aliphatic rings. The fourth-order valence-corrected chi connectivity index (χ4v) is 2.27. The van der Waals surface area contributed by atoms with Crippen molar-refractivity contribution in [3.63, 3.8) is 0 Å². The molecule has 1 aromatic carbocycles. The first-order valence-electron chi connectivity index (χ1n) is 5.60. The lowest BCUT2D eigenvalue weighted by Crippen LogP contribution is -2.12. The van der Waals surface area contributed by atoms with E-state index in [0.29, 0.717) is 10.1 Å². The van der Waals surface area contributed by atoms with Crippen molar-refractivity contribution in [2.75, 3.05) is 7.05 Å². The summed E-state index contributed by atoms with van der Waals surface area (Å²) >= 11 is 1.27. The number of aryl methyl sites for hydroxylation is 1. The molecule has 0 fully saturated rings. The van der Waals surface area contributed by atoms with Gasteiger partial charge in [-0.05, 0) is 43.4 Å². The third-order valence-corrected chi connectivity index (χ3v) is 3.86. The lowest BCUT2D eigenvalue weighted by Gasteiger charge is -2.11. The molecule has 4 nitrogen and oxygen atoms in total. The van der Waals surface area contributed by atoms with Crippen molar-refractivity contribution < 1.29 is 4.39 Å². The van der Waals surface area contributed by atoms with Crippen molar-refractivity contribution in [2.24, 2.45) is 7.05 Å². The zero-order valence-corrected chi connectivity index (χ0v) is 11.3. The summed E-state index contributed by atoms with van der Waals surface area (Å²) in [6, 6.07) is 5.38. The van der Waals surface area contributed by atoms with Crippen LogP contribution in [0, 0.1) is 5.82 Å². The van der Waals surface area contributed by atoms with Crippen LogP contribution in [0.4, 0.5) is 4.39 Å². The lowest BCUT2D eigenvalue weighted by molar-refractivity contribution is 0.587. The highest BCUT2D eigenvalue weighted by molar-refractivity contribution is 7.99. The Morgan fingerprint density at radius 1 is 1.44 bits per heavy atom. The van der Waals surface area contributed by atoms with Crippen molar-refractivity contribution in [1.82, 2.24) is 20.1 Å². The minimum absolute atomic E-state index is 0.133. The number of aromatic nitrogens is 3. The molecule has 1 aromatic heterocycles. The molecule has 96 valence electrons. The molecule has 1 unspecified atom stereocenters. The van der Waals surface area contributed by atoms with Crippen molar-refractivity contribution >= 4 is 11.8 Å². The average Bonchev–Trinajstić information content (AvgIpc) is 2.76. The number of hydrogen-bond donors (Lipinski definition) is 1. The molecule has 0 aliphatic heterocycles. The van der Waals surface area contributed by atoms with Crippen molar-refractivity contribution in [3.05, 3.63) is 35.9 Å². The highest BCUT2D eigenvalue weighted by Gasteiger charge is 2.11. The molecule has 0 bridgehead atoms. The number of nitrogens with one attached hydrogen (secondary N) is 1. The van der Waals surface area contributed by atoms with E-state index in [9.17, 15) is 4.39 Å². The second kappa shape index (κ2) is 5.49. The fourth-order valence-electron chi connectivity index (χ4n) is 1.50. The maximum absolute atomic E-state index is 14.0. The van der Waals surface area contributed by atoms with E-state index < -0.39 is 0 Å². The van der Waals surface area contributed by atoms with Crippen LogP contribution in [-0.2, 0) is 7.05 Å². The average molecular weight is 266 g/mol. The Labute approximate surface area is 110 Å². The van der Waals surface area contributed by atoms with Crippen molar-refractivity contribution in [2.45, 2.75) is 23.0 Å². The summed E-state index contributed by atoms with van der Waals surface area (Å²) < 4.78 is 15.7. The highest BCUT2D eigenvalue weighted by Crippen LogP contribution is 2.29. The van der Waals surface area contributed by atoms with Gasteiger partial charge >= 0.3 is 0 Å². The molecule has 1 atom stereocenters. The Kier molecular flexibility index (Phi) is 3.98. The first-order valence-corrected chi connectivity index (χ1v) is 6.42. The molecule has 6 heteroatoms. The maximum atomic E-state index is 14.0. The van der Waals surface area contributed by atoms with Crippen LogP contribution in [0.1, 0.15) is 18.5 Å². The van der Waals surface area contributed by atoms with E-state index >= 15 is 0 Å². The standard InChI is InChI=1S/C12H15FN4S/c1-8(14-2)9-4-5-11(10(13)6-9)18-12-16-15-7-17(12)3/h4-8,14H,1-3H3. The van der Waals surface area contributed by atoms with Crippen LogP contribution in [0.2, 0.25) is 0 Å². The SMILES string of the molecule is CNC(C)c1ccc(Sc2nncn2C)c(F)c1. The van der Waals surface area contributed by atoms with Crippen molar-refractivity contribution in [1.29, 1.82) is 0 Å². The molecular weight excluding hydrogens is 251 g/mol. The van der Waals surface area contributed by atoms with E-state index in [1.165, 1.54) is 11.8 Å². The number of nitrogens with zero attached hydrogens (tertiary/aromatic N) is 3. The number of hydrogen-bond acceptors (Lipinski definition) is 4. The van der Waals surface area contributed by atoms with Gasteiger partial charge in [-0.25, -0.2) is 4.39 Å². The van der Waals surface area contributed by atoms with Gasteiger partial charge in [0.15, 0.2) is 5.16 Å². The first-order chi connectivity index (χ1) is 8.61. The van der Waals surface area contributed by atoms with Gasteiger partial charge in [0.05, 0.1) is 4.90 Å². The monoisotopic (exact) mass is 266 g/mol. The van der Waals surface area contributed by atoms with Crippen LogP contribution in [0.15, 0.2) is 34.6 Å². The van der Waals surface area contributed by atoms with E-state index in [-0.39, 0.29) is 11.9 Å². The fraction of sp³-hybridized carbons (Fsp3) is 0.333. The largest absolute Gasteiger partial charge is 0.313 e. The van der Waals surface area contributed by atoms with Gasteiger partial charge in [0.1, 0.15) is 12.1 Å². The quantitative estimate of drug-likeness (QED) is 0.922. The van der Waals surface area contributed by atoms with E-state index in [1.807, 2.05) is 27.1 Å². The molecule has 0 amide bonds. The molecule has 0 saturated heterocycles. The topological polar surface area (TPSA) is 42.7 Å². The Bertz CT molecular complexity index is 541. The van der Waals surface area contributed by atoms with E-state index in [2.05, 4.69) is 15.5 Å². The smallest absolute Gasteiger partial charge is 0.195 e. The van der Waals surface area contributed by atoms with Gasteiger partial charge in [-0.15, -0.1) is 10.2 Å². The molecule has 1 N–H and O–H groups in total. The van der Waals surface area contributed by atoms with E-state index in [4.69, 9.17) is 0 Å². The molecule has 2 aromatic rings. The van der Waals surface area contributed by atoms with Gasteiger partial charge in [0.25, 0.3) is 0 Å². The Balaban J connectivity index is 2.23. The Hall–Kier alpha value is -1.40. The molecule has 0 spiro atoms. The minimum atomic E-state index is -0.234. The van der Waals surface area contributed by atoms with E-state index in [0.717, 1.165) is 5.56 Å². The van der Waals surface area contributed by atoms with Gasteiger partial charge in [-0.1, -0.05) is 6.07 Å². The maximum Gasteiger partial charge on any atom is 0.195 e. The minimum Gasteiger partial charge on any atom is -0.313 e. The van der Waals surface area contributed by atoms with Gasteiger partial charge in [-0.3, -0.25) is 0 Å². The first kappa shape index (κ1) is 13.0. The van der Waals surface area contributed by atoms with Crippen LogP contribution in [0.25, 0.3) is 0 Å². The molecular formula is C12H15FN4S. The molecule has 0 saturated carbocycles. The predicted molar refractivity (Wildman–Crippen MR) is 69.0 cm³/mol. The summed E-state index contributed by atoms with van der Waals surface area (Å²) in [4.78, 5) is 0.554. The summed E-state index contributed by atoms with van der Waals surface area (Å²) in [5.74, 6) is -0.234. The summed E-state index contributed by atoms with van der Waals surface area (Å²) in [5, 5.41) is 11.4. The van der Waals surface area contributed by atoms with Crippen LogP contribution >= 0.6 is 11.8 Å². The van der Waals surface area contributed by atoms with Crippen LogP contribution in [0.3, 0.4) is 0 Å². The second-order valence-corrected chi connectivity index (χ2v) is 5.04. The predicted octanol–water partition coefficient (Wildman–Crippen LogP) is 2.39. The van der Waals surface area contributed by atoms with Crippen LogP contribution in [-0.4, -0.2) is 21.8 Å². The Morgan fingerprint density at radius 2 is 2.22 bits per heavy atom. The van der Waals surface area contributed by atoms with Crippen LogP contribution in [0.5, 0.6) is 0 Å². The number of halogens is 1. The van der Waals surface area contributed by atoms with Gasteiger partial charge < -0.3 is 9.88 Å². The third-order valence-electron chi connectivity index (χ3n) is 2.76. The third kappa shape index (κ3) is 2.70. The van der Waals surface area contributed by atoms with Gasteiger partial charge in [0, 0.05) is 13.1 Å². The molecule has 18 heavy (non-hydrogen) atoms. The van der Waals surface area contributed by atoms with Crippen molar-refractivity contribution in [3.8, 4) is 0 Å². The summed E-state index contributed by atoms with van der Waals surface area (Å²) in [6.45, 7) is 1.99. The van der Waals surface area contributed by atoms with Crippen LogP contribution < -0.4 is 5.32 Å². The Morgan fingerprint density at radius 3 is 2.78 bits per heavy atom.